The summed E-state index contributed by atoms with van der Waals surface area (Å²) < 4.78 is 1.62. The van der Waals surface area contributed by atoms with E-state index in [0.29, 0.717) is 12.1 Å². The number of nitrogens with one attached hydrogen (secondary N) is 1. The SMILES string of the molecule is Cc1cc2ncc(C(=O)NCc3ccccc3)cn2n1. The molecule has 0 saturated heterocycles. The molecule has 0 unspecified atom stereocenters. The molecular formula is C15H14N4O. The summed E-state index contributed by atoms with van der Waals surface area (Å²) in [5.74, 6) is -0.156. The summed E-state index contributed by atoms with van der Waals surface area (Å²) in [5.41, 5.74) is 3.17. The van der Waals surface area contributed by atoms with Gasteiger partial charge in [-0.2, -0.15) is 5.10 Å². The molecule has 1 aromatic carbocycles. The highest BCUT2D eigenvalue weighted by atomic mass is 16.1. The molecule has 0 radical (unpaired) electrons. The van der Waals surface area contributed by atoms with E-state index in [1.807, 2.05) is 43.3 Å². The van der Waals surface area contributed by atoms with Gasteiger partial charge in [0.25, 0.3) is 5.91 Å². The lowest BCUT2D eigenvalue weighted by molar-refractivity contribution is 0.0950. The quantitative estimate of drug-likeness (QED) is 0.788. The smallest absolute Gasteiger partial charge is 0.254 e. The van der Waals surface area contributed by atoms with Gasteiger partial charge in [-0.05, 0) is 12.5 Å². The van der Waals surface area contributed by atoms with Crippen LogP contribution in [0.5, 0.6) is 0 Å². The minimum Gasteiger partial charge on any atom is -0.348 e. The fourth-order valence-electron chi connectivity index (χ4n) is 1.99. The predicted octanol–water partition coefficient (Wildman–Crippen LogP) is 1.97. The first-order valence-electron chi connectivity index (χ1n) is 6.36. The van der Waals surface area contributed by atoms with Crippen molar-refractivity contribution in [1.82, 2.24) is 19.9 Å². The van der Waals surface area contributed by atoms with Crippen molar-refractivity contribution in [2.75, 3.05) is 0 Å². The molecule has 0 spiro atoms. The molecule has 0 saturated carbocycles. The van der Waals surface area contributed by atoms with Crippen LogP contribution in [0.4, 0.5) is 0 Å². The monoisotopic (exact) mass is 266 g/mol. The molecule has 0 aliphatic rings. The second-order valence-electron chi connectivity index (χ2n) is 4.60. The van der Waals surface area contributed by atoms with Crippen LogP contribution in [0.3, 0.4) is 0 Å². The molecule has 0 fully saturated rings. The lowest BCUT2D eigenvalue weighted by Gasteiger charge is -2.05. The Morgan fingerprint density at radius 2 is 2.10 bits per heavy atom. The Labute approximate surface area is 116 Å². The van der Waals surface area contributed by atoms with E-state index >= 15 is 0 Å². The van der Waals surface area contributed by atoms with Crippen LogP contribution in [0.1, 0.15) is 21.6 Å². The van der Waals surface area contributed by atoms with Gasteiger partial charge in [-0.15, -0.1) is 0 Å². The number of aryl methyl sites for hydroxylation is 1. The zero-order valence-corrected chi connectivity index (χ0v) is 11.1. The number of carbonyl (C=O) groups is 1. The van der Waals surface area contributed by atoms with E-state index in [4.69, 9.17) is 0 Å². The minimum atomic E-state index is -0.156. The van der Waals surface area contributed by atoms with Crippen molar-refractivity contribution in [1.29, 1.82) is 0 Å². The number of hydrogen-bond donors (Lipinski definition) is 1. The van der Waals surface area contributed by atoms with Crippen LogP contribution in [-0.2, 0) is 6.54 Å². The predicted molar refractivity (Wildman–Crippen MR) is 75.3 cm³/mol. The summed E-state index contributed by atoms with van der Waals surface area (Å²) in [6.07, 6.45) is 3.26. The summed E-state index contributed by atoms with van der Waals surface area (Å²) in [6.45, 7) is 2.39. The number of rotatable bonds is 3. The molecule has 1 N–H and O–H groups in total. The van der Waals surface area contributed by atoms with Gasteiger partial charge in [-0.1, -0.05) is 30.3 Å². The Hall–Kier alpha value is -2.69. The second-order valence-corrected chi connectivity index (χ2v) is 4.60. The van der Waals surface area contributed by atoms with Crippen molar-refractivity contribution < 1.29 is 4.79 Å². The second kappa shape index (κ2) is 5.13. The van der Waals surface area contributed by atoms with E-state index in [9.17, 15) is 4.79 Å². The van der Waals surface area contributed by atoms with E-state index in [1.165, 1.54) is 0 Å². The van der Waals surface area contributed by atoms with Gasteiger partial charge in [0.05, 0.1) is 11.3 Å². The molecule has 2 aromatic heterocycles. The van der Waals surface area contributed by atoms with Gasteiger partial charge >= 0.3 is 0 Å². The fraction of sp³-hybridized carbons (Fsp3) is 0.133. The molecule has 3 rings (SSSR count). The average Bonchev–Trinajstić information content (AvgIpc) is 2.85. The number of fused-ring (bicyclic) bond motifs is 1. The van der Waals surface area contributed by atoms with Crippen LogP contribution < -0.4 is 5.32 Å². The van der Waals surface area contributed by atoms with Gasteiger partial charge in [0, 0.05) is 25.0 Å². The van der Waals surface area contributed by atoms with Crippen LogP contribution in [-0.4, -0.2) is 20.5 Å². The van der Waals surface area contributed by atoms with Crippen LogP contribution in [0, 0.1) is 6.92 Å². The van der Waals surface area contributed by atoms with Crippen LogP contribution >= 0.6 is 0 Å². The first kappa shape index (κ1) is 12.3. The van der Waals surface area contributed by atoms with Crippen molar-refractivity contribution in [2.24, 2.45) is 0 Å². The number of benzene rings is 1. The Bertz CT molecular complexity index is 749. The molecule has 0 aliphatic carbocycles. The number of nitrogens with zero attached hydrogens (tertiary/aromatic N) is 3. The lowest BCUT2D eigenvalue weighted by Crippen LogP contribution is -2.23. The Morgan fingerprint density at radius 3 is 2.90 bits per heavy atom. The molecule has 0 aliphatic heterocycles. The van der Waals surface area contributed by atoms with Gasteiger partial charge < -0.3 is 5.32 Å². The fourth-order valence-corrected chi connectivity index (χ4v) is 1.99. The van der Waals surface area contributed by atoms with Crippen molar-refractivity contribution in [3.8, 4) is 0 Å². The number of hydrogen-bond acceptors (Lipinski definition) is 3. The van der Waals surface area contributed by atoms with Crippen LogP contribution in [0.25, 0.3) is 5.65 Å². The molecule has 1 amide bonds. The number of aromatic nitrogens is 3. The molecule has 20 heavy (non-hydrogen) atoms. The summed E-state index contributed by atoms with van der Waals surface area (Å²) in [7, 11) is 0. The summed E-state index contributed by atoms with van der Waals surface area (Å²) in [5, 5.41) is 7.12. The molecule has 3 aromatic rings. The molecule has 0 bridgehead atoms. The maximum Gasteiger partial charge on any atom is 0.254 e. The third-order valence-corrected chi connectivity index (χ3v) is 2.99. The van der Waals surface area contributed by atoms with E-state index < -0.39 is 0 Å². The van der Waals surface area contributed by atoms with E-state index in [-0.39, 0.29) is 5.91 Å². The minimum absolute atomic E-state index is 0.156. The zero-order valence-electron chi connectivity index (χ0n) is 11.1. The van der Waals surface area contributed by atoms with Crippen molar-refractivity contribution in [3.05, 3.63) is 65.6 Å². The molecule has 2 heterocycles. The molecule has 5 heteroatoms. The van der Waals surface area contributed by atoms with Crippen molar-refractivity contribution in [3.63, 3.8) is 0 Å². The summed E-state index contributed by atoms with van der Waals surface area (Å²) in [6, 6.07) is 11.6. The van der Waals surface area contributed by atoms with Gasteiger partial charge in [-0.25, -0.2) is 9.50 Å². The van der Waals surface area contributed by atoms with Gasteiger partial charge in [0.15, 0.2) is 5.65 Å². The topological polar surface area (TPSA) is 59.3 Å². The summed E-state index contributed by atoms with van der Waals surface area (Å²) in [4.78, 5) is 16.3. The highest BCUT2D eigenvalue weighted by molar-refractivity contribution is 5.93. The standard InChI is InChI=1S/C15H14N4O/c1-11-7-14-16-9-13(10-19(14)18-11)15(20)17-8-12-5-3-2-4-6-12/h2-7,9-10H,8H2,1H3,(H,17,20). The van der Waals surface area contributed by atoms with Crippen molar-refractivity contribution >= 4 is 11.6 Å². The largest absolute Gasteiger partial charge is 0.348 e. The van der Waals surface area contributed by atoms with Crippen LogP contribution in [0.2, 0.25) is 0 Å². The number of amides is 1. The van der Waals surface area contributed by atoms with Gasteiger partial charge in [0.1, 0.15) is 0 Å². The Morgan fingerprint density at radius 1 is 1.30 bits per heavy atom. The zero-order chi connectivity index (χ0) is 13.9. The Kier molecular flexibility index (Phi) is 3.16. The van der Waals surface area contributed by atoms with Gasteiger partial charge in [0.2, 0.25) is 0 Å². The maximum atomic E-state index is 12.1. The molecule has 100 valence electrons. The maximum absolute atomic E-state index is 12.1. The van der Waals surface area contributed by atoms with Crippen LogP contribution in [0.15, 0.2) is 48.8 Å². The van der Waals surface area contributed by atoms with Crippen molar-refractivity contribution in [2.45, 2.75) is 13.5 Å². The lowest BCUT2D eigenvalue weighted by atomic mass is 10.2. The average molecular weight is 266 g/mol. The van der Waals surface area contributed by atoms with E-state index in [1.54, 1.807) is 16.9 Å². The van der Waals surface area contributed by atoms with Gasteiger partial charge in [-0.3, -0.25) is 4.79 Å². The molecular weight excluding hydrogens is 252 g/mol. The third kappa shape index (κ3) is 2.51. The highest BCUT2D eigenvalue weighted by Crippen LogP contribution is 2.05. The Balaban J connectivity index is 1.75. The number of carbonyl (C=O) groups excluding carboxylic acids is 1. The van der Waals surface area contributed by atoms with E-state index in [0.717, 1.165) is 16.9 Å². The highest BCUT2D eigenvalue weighted by Gasteiger charge is 2.08. The molecule has 0 atom stereocenters. The molecule has 5 nitrogen and oxygen atoms in total. The third-order valence-electron chi connectivity index (χ3n) is 2.99. The first-order valence-corrected chi connectivity index (χ1v) is 6.36. The summed E-state index contributed by atoms with van der Waals surface area (Å²) >= 11 is 0. The van der Waals surface area contributed by atoms with E-state index in [2.05, 4.69) is 15.4 Å². The first-order chi connectivity index (χ1) is 9.72. The normalized spacial score (nSPS) is 10.7.